The number of hydrogen-bond donors (Lipinski definition) is 0. The van der Waals surface area contributed by atoms with E-state index in [9.17, 15) is 4.79 Å². The molecule has 27 heavy (non-hydrogen) atoms. The third-order valence-corrected chi connectivity index (χ3v) is 3.95. The Balaban J connectivity index is 1.72. The second-order valence-corrected chi connectivity index (χ2v) is 6.13. The molecule has 5 heteroatoms. The van der Waals surface area contributed by atoms with Crippen LogP contribution in [-0.4, -0.2) is 27.5 Å². The number of carbonyl (C=O) groups is 1. The highest BCUT2D eigenvalue weighted by molar-refractivity contribution is 5.91. The lowest BCUT2D eigenvalue weighted by molar-refractivity contribution is -0.126. The molecule has 0 fully saturated rings. The third-order valence-electron chi connectivity index (χ3n) is 3.95. The molecule has 1 amide bonds. The summed E-state index contributed by atoms with van der Waals surface area (Å²) in [6.45, 7) is 6.34. The van der Waals surface area contributed by atoms with E-state index in [0.717, 1.165) is 16.7 Å². The molecule has 5 nitrogen and oxygen atoms in total. The predicted molar refractivity (Wildman–Crippen MR) is 106 cm³/mol. The first kappa shape index (κ1) is 18.3. The number of rotatable bonds is 7. The molecule has 136 valence electrons. The van der Waals surface area contributed by atoms with Gasteiger partial charge >= 0.3 is 0 Å². The van der Waals surface area contributed by atoms with Crippen molar-refractivity contribution in [2.24, 2.45) is 0 Å². The predicted octanol–water partition coefficient (Wildman–Crippen LogP) is 4.27. The van der Waals surface area contributed by atoms with Gasteiger partial charge in [0.15, 0.2) is 0 Å². The molecule has 0 aliphatic carbocycles. The van der Waals surface area contributed by atoms with E-state index in [2.05, 4.69) is 16.7 Å². The van der Waals surface area contributed by atoms with Gasteiger partial charge in [-0.15, -0.1) is 6.58 Å². The van der Waals surface area contributed by atoms with Gasteiger partial charge in [0, 0.05) is 18.2 Å². The second kappa shape index (κ2) is 8.76. The Labute approximate surface area is 158 Å². The van der Waals surface area contributed by atoms with Crippen molar-refractivity contribution in [2.45, 2.75) is 13.5 Å². The molecule has 1 heterocycles. The summed E-state index contributed by atoms with van der Waals surface area (Å²) >= 11 is 0. The average molecular weight is 359 g/mol. The fourth-order valence-electron chi connectivity index (χ4n) is 2.61. The summed E-state index contributed by atoms with van der Waals surface area (Å²) in [6.07, 6.45) is 4.99. The van der Waals surface area contributed by atoms with Crippen LogP contribution in [0.25, 0.3) is 17.5 Å². The molecule has 2 aromatic carbocycles. The molecule has 0 N–H and O–H groups in total. The molecule has 0 saturated carbocycles. The summed E-state index contributed by atoms with van der Waals surface area (Å²) in [5.41, 5.74) is 2.97. The van der Waals surface area contributed by atoms with E-state index in [1.54, 1.807) is 17.1 Å². The maximum atomic E-state index is 12.5. The number of hydrogen-bond acceptors (Lipinski definition) is 4. The largest absolute Gasteiger partial charge is 0.337 e. The van der Waals surface area contributed by atoms with Crippen LogP contribution in [0, 0.1) is 6.92 Å². The minimum atomic E-state index is -0.144. The van der Waals surface area contributed by atoms with Crippen molar-refractivity contribution in [1.29, 1.82) is 0 Å². The molecule has 0 unspecified atom stereocenters. The van der Waals surface area contributed by atoms with Crippen LogP contribution in [0.4, 0.5) is 0 Å². The summed E-state index contributed by atoms with van der Waals surface area (Å²) in [4.78, 5) is 18.5. The van der Waals surface area contributed by atoms with Crippen molar-refractivity contribution < 1.29 is 9.32 Å². The van der Waals surface area contributed by atoms with E-state index in [-0.39, 0.29) is 12.5 Å². The molecule has 0 atom stereocenters. The van der Waals surface area contributed by atoms with Crippen LogP contribution in [0.2, 0.25) is 0 Å². The zero-order valence-electron chi connectivity index (χ0n) is 15.2. The SMILES string of the molecule is C=CCN(Cc1nc(-c2cccc(C)c2)no1)C(=O)/C=C/c1ccccc1. The van der Waals surface area contributed by atoms with E-state index in [1.807, 2.05) is 61.5 Å². The van der Waals surface area contributed by atoms with Crippen LogP contribution in [0.5, 0.6) is 0 Å². The Morgan fingerprint density at radius 2 is 2.00 bits per heavy atom. The van der Waals surface area contributed by atoms with Crippen molar-refractivity contribution in [3.8, 4) is 11.4 Å². The zero-order chi connectivity index (χ0) is 19.1. The van der Waals surface area contributed by atoms with Gasteiger partial charge in [-0.2, -0.15) is 4.98 Å². The van der Waals surface area contributed by atoms with Gasteiger partial charge < -0.3 is 9.42 Å². The van der Waals surface area contributed by atoms with Gasteiger partial charge in [0.2, 0.25) is 17.6 Å². The smallest absolute Gasteiger partial charge is 0.247 e. The molecule has 0 bridgehead atoms. The van der Waals surface area contributed by atoms with Crippen molar-refractivity contribution in [3.63, 3.8) is 0 Å². The molecule has 3 aromatic rings. The fourth-order valence-corrected chi connectivity index (χ4v) is 2.61. The van der Waals surface area contributed by atoms with Crippen LogP contribution < -0.4 is 0 Å². The highest BCUT2D eigenvalue weighted by atomic mass is 16.5. The Bertz CT molecular complexity index is 945. The van der Waals surface area contributed by atoms with Crippen molar-refractivity contribution in [3.05, 3.63) is 90.3 Å². The first-order chi connectivity index (χ1) is 13.2. The third kappa shape index (κ3) is 5.01. The molecule has 0 spiro atoms. The van der Waals surface area contributed by atoms with E-state index in [0.29, 0.717) is 18.3 Å². The summed E-state index contributed by atoms with van der Waals surface area (Å²) in [6, 6.07) is 17.5. The van der Waals surface area contributed by atoms with E-state index >= 15 is 0 Å². The Kier molecular flexibility index (Phi) is 5.94. The number of amides is 1. The highest BCUT2D eigenvalue weighted by Crippen LogP contribution is 2.17. The minimum absolute atomic E-state index is 0.144. The quantitative estimate of drug-likeness (QED) is 0.467. The normalized spacial score (nSPS) is 10.9. The lowest BCUT2D eigenvalue weighted by Gasteiger charge is -2.16. The van der Waals surface area contributed by atoms with Crippen LogP contribution in [0.3, 0.4) is 0 Å². The van der Waals surface area contributed by atoms with Gasteiger partial charge in [0.1, 0.15) is 6.54 Å². The molecule has 3 rings (SSSR count). The number of aromatic nitrogens is 2. The lowest BCUT2D eigenvalue weighted by Crippen LogP contribution is -2.29. The Hall–Kier alpha value is -3.47. The molecule has 0 aliphatic rings. The summed E-state index contributed by atoms with van der Waals surface area (Å²) in [5.74, 6) is 0.753. The maximum Gasteiger partial charge on any atom is 0.247 e. The molecule has 1 aromatic heterocycles. The van der Waals surface area contributed by atoms with Crippen LogP contribution in [0.1, 0.15) is 17.0 Å². The van der Waals surface area contributed by atoms with Crippen LogP contribution >= 0.6 is 0 Å². The van der Waals surface area contributed by atoms with Gasteiger partial charge in [-0.25, -0.2) is 0 Å². The van der Waals surface area contributed by atoms with E-state index in [4.69, 9.17) is 4.52 Å². The molecule has 0 radical (unpaired) electrons. The summed E-state index contributed by atoms with van der Waals surface area (Å²) in [7, 11) is 0. The van der Waals surface area contributed by atoms with Gasteiger partial charge in [-0.05, 0) is 24.6 Å². The molecular weight excluding hydrogens is 338 g/mol. The molecule has 0 saturated heterocycles. The van der Waals surface area contributed by atoms with Gasteiger partial charge in [-0.1, -0.05) is 65.3 Å². The maximum absolute atomic E-state index is 12.5. The fraction of sp³-hybridized carbons (Fsp3) is 0.136. The summed E-state index contributed by atoms with van der Waals surface area (Å²) < 4.78 is 5.34. The first-order valence-corrected chi connectivity index (χ1v) is 8.68. The van der Waals surface area contributed by atoms with E-state index < -0.39 is 0 Å². The average Bonchev–Trinajstić information content (AvgIpc) is 3.15. The lowest BCUT2D eigenvalue weighted by atomic mass is 10.1. The monoisotopic (exact) mass is 359 g/mol. The minimum Gasteiger partial charge on any atom is -0.337 e. The second-order valence-electron chi connectivity index (χ2n) is 6.13. The van der Waals surface area contributed by atoms with Gasteiger partial charge in [-0.3, -0.25) is 4.79 Å². The van der Waals surface area contributed by atoms with Gasteiger partial charge in [0.05, 0.1) is 0 Å². The van der Waals surface area contributed by atoms with E-state index in [1.165, 1.54) is 6.08 Å². The highest BCUT2D eigenvalue weighted by Gasteiger charge is 2.15. The topological polar surface area (TPSA) is 59.2 Å². The van der Waals surface area contributed by atoms with Gasteiger partial charge in [0.25, 0.3) is 0 Å². The number of aryl methyl sites for hydroxylation is 1. The van der Waals surface area contributed by atoms with Crippen LogP contribution in [0.15, 0.2) is 77.9 Å². The molecular formula is C22H21N3O2. The molecule has 0 aliphatic heterocycles. The van der Waals surface area contributed by atoms with Crippen LogP contribution in [-0.2, 0) is 11.3 Å². The Morgan fingerprint density at radius 1 is 1.19 bits per heavy atom. The summed E-state index contributed by atoms with van der Waals surface area (Å²) in [5, 5.41) is 4.03. The van der Waals surface area contributed by atoms with Crippen molar-refractivity contribution >= 4 is 12.0 Å². The first-order valence-electron chi connectivity index (χ1n) is 8.68. The van der Waals surface area contributed by atoms with Crippen molar-refractivity contribution in [1.82, 2.24) is 15.0 Å². The van der Waals surface area contributed by atoms with Crippen molar-refractivity contribution in [2.75, 3.05) is 6.54 Å². The number of carbonyl (C=O) groups excluding carboxylic acids is 1. The zero-order valence-corrected chi connectivity index (χ0v) is 15.2. The number of benzene rings is 2. The Morgan fingerprint density at radius 3 is 2.74 bits per heavy atom. The number of nitrogens with zero attached hydrogens (tertiary/aromatic N) is 3. The standard InChI is InChI=1S/C22H21N3O2/c1-3-14-25(21(26)13-12-18-9-5-4-6-10-18)16-20-23-22(24-27-20)19-11-7-8-17(2)15-19/h3-13,15H,1,14,16H2,2H3/b13-12+.